The predicted molar refractivity (Wildman–Crippen MR) is 80.1 cm³/mol. The number of likely N-dealkylation sites (N-methyl/N-ethyl adjacent to an activating group) is 1. The molecule has 1 aromatic rings. The molecule has 3 heteroatoms. The van der Waals surface area contributed by atoms with Crippen molar-refractivity contribution in [2.75, 3.05) is 20.1 Å². The molecule has 102 valence electrons. The lowest BCUT2D eigenvalue weighted by molar-refractivity contribution is 0.241. The molecule has 0 aliphatic rings. The van der Waals surface area contributed by atoms with E-state index in [9.17, 15) is 0 Å². The fourth-order valence-corrected chi connectivity index (χ4v) is 2.03. The molecular weight excluding hydrogens is 244 g/mol. The summed E-state index contributed by atoms with van der Waals surface area (Å²) >= 11 is 6.00. The summed E-state index contributed by atoms with van der Waals surface area (Å²) in [7, 11) is 2.16. The van der Waals surface area contributed by atoms with Crippen molar-refractivity contribution in [2.24, 2.45) is 5.92 Å². The van der Waals surface area contributed by atoms with E-state index in [1.165, 1.54) is 5.56 Å². The monoisotopic (exact) mass is 268 g/mol. The van der Waals surface area contributed by atoms with Gasteiger partial charge in [0.2, 0.25) is 0 Å². The van der Waals surface area contributed by atoms with Crippen LogP contribution in [-0.2, 0) is 6.54 Å². The van der Waals surface area contributed by atoms with Crippen LogP contribution in [0, 0.1) is 5.92 Å². The number of nitrogens with zero attached hydrogens (tertiary/aromatic N) is 1. The Labute approximate surface area is 116 Å². The van der Waals surface area contributed by atoms with Gasteiger partial charge in [0, 0.05) is 24.2 Å². The van der Waals surface area contributed by atoms with Gasteiger partial charge in [-0.15, -0.1) is 0 Å². The zero-order valence-electron chi connectivity index (χ0n) is 11.9. The zero-order chi connectivity index (χ0) is 13.5. The molecule has 1 rings (SSSR count). The summed E-state index contributed by atoms with van der Waals surface area (Å²) in [5.74, 6) is 0.704. The van der Waals surface area contributed by atoms with E-state index in [-0.39, 0.29) is 0 Å². The molecule has 0 spiro atoms. The molecule has 1 atom stereocenters. The minimum absolute atomic E-state index is 0.516. The van der Waals surface area contributed by atoms with Crippen LogP contribution in [0.5, 0.6) is 0 Å². The van der Waals surface area contributed by atoms with E-state index < -0.39 is 0 Å². The molecule has 0 saturated carbocycles. The number of benzene rings is 1. The fourth-order valence-electron chi connectivity index (χ4n) is 1.82. The normalized spacial score (nSPS) is 13.3. The number of rotatable bonds is 7. The maximum Gasteiger partial charge on any atom is 0.0409 e. The van der Waals surface area contributed by atoms with Crippen molar-refractivity contribution in [2.45, 2.75) is 33.4 Å². The molecule has 0 aliphatic carbocycles. The third kappa shape index (κ3) is 5.85. The second kappa shape index (κ2) is 7.78. The van der Waals surface area contributed by atoms with Gasteiger partial charge in [-0.25, -0.2) is 0 Å². The van der Waals surface area contributed by atoms with Crippen LogP contribution >= 0.6 is 11.6 Å². The molecule has 0 bridgehead atoms. The van der Waals surface area contributed by atoms with E-state index in [4.69, 9.17) is 11.6 Å². The maximum absolute atomic E-state index is 6.00. The second-order valence-corrected chi connectivity index (χ2v) is 5.88. The van der Waals surface area contributed by atoms with Crippen molar-refractivity contribution in [3.05, 3.63) is 34.9 Å². The summed E-state index contributed by atoms with van der Waals surface area (Å²) in [6, 6.07) is 8.59. The number of hydrogen-bond acceptors (Lipinski definition) is 2. The highest BCUT2D eigenvalue weighted by molar-refractivity contribution is 6.30. The summed E-state index contributed by atoms with van der Waals surface area (Å²) < 4.78 is 0. The van der Waals surface area contributed by atoms with E-state index in [1.807, 2.05) is 18.2 Å². The van der Waals surface area contributed by atoms with Gasteiger partial charge in [-0.2, -0.15) is 0 Å². The number of nitrogens with one attached hydrogen (secondary N) is 1. The largest absolute Gasteiger partial charge is 0.315 e. The summed E-state index contributed by atoms with van der Waals surface area (Å²) in [5, 5.41) is 4.31. The van der Waals surface area contributed by atoms with Crippen LogP contribution in [-0.4, -0.2) is 31.1 Å². The van der Waals surface area contributed by atoms with Gasteiger partial charge in [0.1, 0.15) is 0 Å². The average Bonchev–Trinajstić information content (AvgIpc) is 2.28. The van der Waals surface area contributed by atoms with Gasteiger partial charge in [-0.3, -0.25) is 4.90 Å². The lowest BCUT2D eigenvalue weighted by Gasteiger charge is -2.25. The highest BCUT2D eigenvalue weighted by Crippen LogP contribution is 2.13. The van der Waals surface area contributed by atoms with Crippen LogP contribution in [0.1, 0.15) is 26.3 Å². The molecule has 1 aromatic carbocycles. The molecule has 1 N–H and O–H groups in total. The number of hydrogen-bond donors (Lipinski definition) is 1. The van der Waals surface area contributed by atoms with E-state index in [0.29, 0.717) is 12.0 Å². The Morgan fingerprint density at radius 1 is 1.22 bits per heavy atom. The van der Waals surface area contributed by atoms with Crippen molar-refractivity contribution in [3.8, 4) is 0 Å². The Morgan fingerprint density at radius 3 is 2.56 bits per heavy atom. The van der Waals surface area contributed by atoms with Crippen molar-refractivity contribution in [1.82, 2.24) is 10.2 Å². The van der Waals surface area contributed by atoms with E-state index in [1.54, 1.807) is 0 Å². The fraction of sp³-hybridized carbons (Fsp3) is 0.600. The van der Waals surface area contributed by atoms with E-state index in [0.717, 1.165) is 24.7 Å². The quantitative estimate of drug-likeness (QED) is 0.815. The smallest absolute Gasteiger partial charge is 0.0409 e. The van der Waals surface area contributed by atoms with Crippen LogP contribution < -0.4 is 5.32 Å². The van der Waals surface area contributed by atoms with Gasteiger partial charge >= 0.3 is 0 Å². The molecule has 0 heterocycles. The summed E-state index contributed by atoms with van der Waals surface area (Å²) in [5.41, 5.74) is 1.26. The molecule has 18 heavy (non-hydrogen) atoms. The lowest BCUT2D eigenvalue weighted by Crippen LogP contribution is -2.38. The van der Waals surface area contributed by atoms with Crippen molar-refractivity contribution >= 4 is 11.6 Å². The minimum Gasteiger partial charge on any atom is -0.315 e. The first-order valence-corrected chi connectivity index (χ1v) is 7.02. The van der Waals surface area contributed by atoms with Gasteiger partial charge in [-0.1, -0.05) is 37.6 Å². The zero-order valence-corrected chi connectivity index (χ0v) is 12.7. The van der Waals surface area contributed by atoms with Gasteiger partial charge in [0.25, 0.3) is 0 Å². The Kier molecular flexibility index (Phi) is 6.69. The van der Waals surface area contributed by atoms with Crippen LogP contribution in [0.2, 0.25) is 5.02 Å². The molecule has 0 aliphatic heterocycles. The first-order valence-electron chi connectivity index (χ1n) is 6.64. The van der Waals surface area contributed by atoms with Crippen LogP contribution in [0.4, 0.5) is 0 Å². The van der Waals surface area contributed by atoms with E-state index >= 15 is 0 Å². The second-order valence-electron chi connectivity index (χ2n) is 5.45. The highest BCUT2D eigenvalue weighted by atomic mass is 35.5. The average molecular weight is 269 g/mol. The topological polar surface area (TPSA) is 15.3 Å². The number of halogens is 1. The van der Waals surface area contributed by atoms with Crippen molar-refractivity contribution < 1.29 is 0 Å². The van der Waals surface area contributed by atoms with Crippen molar-refractivity contribution in [1.29, 1.82) is 0 Å². The molecule has 0 radical (unpaired) electrons. The Bertz CT molecular complexity index is 352. The molecule has 0 saturated heterocycles. The van der Waals surface area contributed by atoms with Crippen LogP contribution in [0.25, 0.3) is 0 Å². The third-order valence-corrected chi connectivity index (χ3v) is 3.30. The first kappa shape index (κ1) is 15.5. The van der Waals surface area contributed by atoms with Gasteiger partial charge < -0.3 is 5.32 Å². The standard InChI is InChI=1S/C15H25ClN2/c1-12(2)9-17-10-13(3)18(4)11-14-6-5-7-15(16)8-14/h5-8,12-13,17H,9-11H2,1-4H3. The lowest BCUT2D eigenvalue weighted by atomic mass is 10.2. The summed E-state index contributed by atoms with van der Waals surface area (Å²) in [6.07, 6.45) is 0. The Balaban J connectivity index is 2.37. The van der Waals surface area contributed by atoms with Gasteiger partial charge in [0.05, 0.1) is 0 Å². The SMILES string of the molecule is CC(C)CNCC(C)N(C)Cc1cccc(Cl)c1. The molecule has 0 fully saturated rings. The Hall–Kier alpha value is -0.570. The molecular formula is C15H25ClN2. The Morgan fingerprint density at radius 2 is 1.94 bits per heavy atom. The molecule has 2 nitrogen and oxygen atoms in total. The molecule has 1 unspecified atom stereocenters. The maximum atomic E-state index is 6.00. The highest BCUT2D eigenvalue weighted by Gasteiger charge is 2.09. The third-order valence-electron chi connectivity index (χ3n) is 3.07. The van der Waals surface area contributed by atoms with Crippen LogP contribution in [0.3, 0.4) is 0 Å². The van der Waals surface area contributed by atoms with E-state index in [2.05, 4.69) is 44.1 Å². The van der Waals surface area contributed by atoms with Gasteiger partial charge in [-0.05, 0) is 44.1 Å². The first-order chi connectivity index (χ1) is 8.49. The summed E-state index contributed by atoms with van der Waals surface area (Å²) in [6.45, 7) is 9.74. The summed E-state index contributed by atoms with van der Waals surface area (Å²) in [4.78, 5) is 2.35. The predicted octanol–water partition coefficient (Wildman–Crippen LogP) is 3.41. The minimum atomic E-state index is 0.516. The van der Waals surface area contributed by atoms with Gasteiger partial charge in [0.15, 0.2) is 0 Å². The molecule has 0 aromatic heterocycles. The van der Waals surface area contributed by atoms with Crippen molar-refractivity contribution in [3.63, 3.8) is 0 Å². The van der Waals surface area contributed by atoms with Crippen LogP contribution in [0.15, 0.2) is 24.3 Å². The molecule has 0 amide bonds.